The minimum absolute atomic E-state index is 0.174. The highest BCUT2D eigenvalue weighted by Gasteiger charge is 2.13. The molecule has 0 fully saturated rings. The molecule has 0 aliphatic rings. The molecular weight excluding hydrogens is 279 g/mol. The van der Waals surface area contributed by atoms with Gasteiger partial charge in [0, 0.05) is 16.3 Å². The van der Waals surface area contributed by atoms with Gasteiger partial charge >= 0.3 is 0 Å². The Hall–Kier alpha value is -0.910. The van der Waals surface area contributed by atoms with Gasteiger partial charge in [0.15, 0.2) is 0 Å². The monoisotopic (exact) mass is 296 g/mol. The van der Waals surface area contributed by atoms with Crippen molar-refractivity contribution in [3.05, 3.63) is 45.7 Å². The van der Waals surface area contributed by atoms with E-state index >= 15 is 0 Å². The fourth-order valence-corrected chi connectivity index (χ4v) is 3.81. The Labute approximate surface area is 121 Å². The van der Waals surface area contributed by atoms with Crippen LogP contribution in [0.2, 0.25) is 0 Å². The summed E-state index contributed by atoms with van der Waals surface area (Å²) in [5.41, 5.74) is 6.82. The number of hydrogen-bond acceptors (Lipinski definition) is 4. The van der Waals surface area contributed by atoms with Crippen LogP contribution in [0.3, 0.4) is 0 Å². The van der Waals surface area contributed by atoms with Gasteiger partial charge in [0.2, 0.25) is 0 Å². The van der Waals surface area contributed by atoms with E-state index in [1.165, 1.54) is 17.8 Å². The van der Waals surface area contributed by atoms with Crippen molar-refractivity contribution in [2.24, 2.45) is 5.73 Å². The summed E-state index contributed by atoms with van der Waals surface area (Å²) in [6, 6.07) is 6.82. The first-order valence-electron chi connectivity index (χ1n) is 6.17. The summed E-state index contributed by atoms with van der Waals surface area (Å²) < 4.78 is 13.5. The summed E-state index contributed by atoms with van der Waals surface area (Å²) in [5, 5.41) is 1.01. The first-order valence-corrected chi connectivity index (χ1v) is 7.98. The zero-order valence-electron chi connectivity index (χ0n) is 11.0. The molecule has 2 rings (SSSR count). The highest BCUT2D eigenvalue weighted by atomic mass is 32.2. The lowest BCUT2D eigenvalue weighted by molar-refractivity contribution is 0.602. The van der Waals surface area contributed by atoms with Crippen LogP contribution in [0, 0.1) is 5.82 Å². The van der Waals surface area contributed by atoms with Gasteiger partial charge in [-0.3, -0.25) is 0 Å². The van der Waals surface area contributed by atoms with Crippen molar-refractivity contribution in [2.75, 3.05) is 0 Å². The second kappa shape index (κ2) is 6.50. The molecule has 1 aromatic heterocycles. The molecule has 19 heavy (non-hydrogen) atoms. The van der Waals surface area contributed by atoms with Crippen LogP contribution in [0.5, 0.6) is 0 Å². The maximum absolute atomic E-state index is 13.5. The molecule has 0 aliphatic carbocycles. The SMILES string of the molecule is CC(C)c1nc(CSc2ccccc2F)sc1CN. The fraction of sp³-hybridized carbons (Fsp3) is 0.357. The predicted molar refractivity (Wildman–Crippen MR) is 80.1 cm³/mol. The molecule has 1 aromatic carbocycles. The molecule has 1 heterocycles. The highest BCUT2D eigenvalue weighted by Crippen LogP contribution is 2.30. The molecule has 2 aromatic rings. The summed E-state index contributed by atoms with van der Waals surface area (Å²) in [7, 11) is 0. The van der Waals surface area contributed by atoms with E-state index in [-0.39, 0.29) is 5.82 Å². The van der Waals surface area contributed by atoms with Crippen LogP contribution in [0.15, 0.2) is 29.2 Å². The third kappa shape index (κ3) is 3.55. The molecule has 0 saturated heterocycles. The minimum Gasteiger partial charge on any atom is -0.326 e. The van der Waals surface area contributed by atoms with Crippen molar-refractivity contribution in [2.45, 2.75) is 37.0 Å². The number of aromatic nitrogens is 1. The van der Waals surface area contributed by atoms with Gasteiger partial charge in [-0.25, -0.2) is 9.37 Å². The standard InChI is InChI=1S/C14H17FN2S2/c1-9(2)14-12(7-16)19-13(17-14)8-18-11-6-4-3-5-10(11)15/h3-6,9H,7-8,16H2,1-2H3. The van der Waals surface area contributed by atoms with E-state index in [1.54, 1.807) is 23.5 Å². The number of nitrogens with zero attached hydrogens (tertiary/aromatic N) is 1. The van der Waals surface area contributed by atoms with Gasteiger partial charge in [0.1, 0.15) is 10.8 Å². The summed E-state index contributed by atoms with van der Waals surface area (Å²) in [4.78, 5) is 6.42. The van der Waals surface area contributed by atoms with Crippen LogP contribution < -0.4 is 5.73 Å². The molecule has 0 radical (unpaired) electrons. The zero-order chi connectivity index (χ0) is 13.8. The van der Waals surface area contributed by atoms with Gasteiger partial charge in [-0.15, -0.1) is 23.1 Å². The smallest absolute Gasteiger partial charge is 0.136 e. The summed E-state index contributed by atoms with van der Waals surface area (Å²) in [6.07, 6.45) is 0. The molecular formula is C14H17FN2S2. The predicted octanol–water partition coefficient (Wildman–Crippen LogP) is 4.16. The molecule has 0 amide bonds. The maximum Gasteiger partial charge on any atom is 0.136 e. The second-order valence-electron chi connectivity index (χ2n) is 4.49. The summed E-state index contributed by atoms with van der Waals surface area (Å²) in [6.45, 7) is 4.75. The van der Waals surface area contributed by atoms with Crippen molar-refractivity contribution in [3.8, 4) is 0 Å². The molecule has 0 bridgehead atoms. The zero-order valence-corrected chi connectivity index (χ0v) is 12.7. The first-order chi connectivity index (χ1) is 9.11. The van der Waals surface area contributed by atoms with E-state index < -0.39 is 0 Å². The topological polar surface area (TPSA) is 38.9 Å². The van der Waals surface area contributed by atoms with E-state index in [2.05, 4.69) is 18.8 Å². The molecule has 2 N–H and O–H groups in total. The Morgan fingerprint density at radius 3 is 2.68 bits per heavy atom. The van der Waals surface area contributed by atoms with Crippen LogP contribution in [0.25, 0.3) is 0 Å². The quantitative estimate of drug-likeness (QED) is 0.842. The molecule has 0 aliphatic heterocycles. The summed E-state index contributed by atoms with van der Waals surface area (Å²) in [5.74, 6) is 0.889. The molecule has 5 heteroatoms. The third-order valence-corrected chi connectivity index (χ3v) is 5.03. The average Bonchev–Trinajstić information content (AvgIpc) is 2.81. The van der Waals surface area contributed by atoms with E-state index in [9.17, 15) is 4.39 Å². The highest BCUT2D eigenvalue weighted by molar-refractivity contribution is 7.98. The molecule has 0 unspecified atom stereocenters. The Balaban J connectivity index is 2.10. The van der Waals surface area contributed by atoms with Gasteiger partial charge < -0.3 is 5.73 Å². The minimum atomic E-state index is -0.174. The number of nitrogens with two attached hydrogens (primary N) is 1. The first kappa shape index (κ1) is 14.5. The van der Waals surface area contributed by atoms with E-state index in [0.717, 1.165) is 15.6 Å². The van der Waals surface area contributed by atoms with Gasteiger partial charge in [-0.1, -0.05) is 26.0 Å². The number of thiazole rings is 1. The molecule has 102 valence electrons. The average molecular weight is 296 g/mol. The molecule has 2 nitrogen and oxygen atoms in total. The Morgan fingerprint density at radius 2 is 2.11 bits per heavy atom. The maximum atomic E-state index is 13.5. The number of rotatable bonds is 5. The number of thioether (sulfide) groups is 1. The third-order valence-electron chi connectivity index (χ3n) is 2.69. The van der Waals surface area contributed by atoms with Crippen LogP contribution in [0.1, 0.15) is 35.3 Å². The summed E-state index contributed by atoms with van der Waals surface area (Å²) >= 11 is 3.11. The number of halogens is 1. The largest absolute Gasteiger partial charge is 0.326 e. The number of hydrogen-bond donors (Lipinski definition) is 1. The lowest BCUT2D eigenvalue weighted by Gasteiger charge is -2.02. The Bertz CT molecular complexity index is 552. The second-order valence-corrected chi connectivity index (χ2v) is 6.68. The lowest BCUT2D eigenvalue weighted by atomic mass is 10.1. The van der Waals surface area contributed by atoms with Crippen molar-refractivity contribution < 1.29 is 4.39 Å². The molecule has 0 saturated carbocycles. The van der Waals surface area contributed by atoms with Gasteiger partial charge in [0.25, 0.3) is 0 Å². The van der Waals surface area contributed by atoms with Crippen LogP contribution >= 0.6 is 23.1 Å². The van der Waals surface area contributed by atoms with Crippen LogP contribution in [-0.4, -0.2) is 4.98 Å². The Morgan fingerprint density at radius 1 is 1.37 bits per heavy atom. The van der Waals surface area contributed by atoms with Crippen LogP contribution in [0.4, 0.5) is 4.39 Å². The van der Waals surface area contributed by atoms with Crippen molar-refractivity contribution in [1.82, 2.24) is 4.98 Å². The van der Waals surface area contributed by atoms with Gasteiger partial charge in [-0.2, -0.15) is 0 Å². The lowest BCUT2D eigenvalue weighted by Crippen LogP contribution is -1.99. The van der Waals surface area contributed by atoms with E-state index in [0.29, 0.717) is 23.1 Å². The van der Waals surface area contributed by atoms with Gasteiger partial charge in [0.05, 0.1) is 11.4 Å². The molecule has 0 spiro atoms. The normalized spacial score (nSPS) is 11.2. The number of benzene rings is 1. The molecule has 0 atom stereocenters. The van der Waals surface area contributed by atoms with Crippen molar-refractivity contribution in [3.63, 3.8) is 0 Å². The van der Waals surface area contributed by atoms with Crippen molar-refractivity contribution in [1.29, 1.82) is 0 Å². The van der Waals surface area contributed by atoms with E-state index in [4.69, 9.17) is 5.73 Å². The van der Waals surface area contributed by atoms with Crippen LogP contribution in [-0.2, 0) is 12.3 Å². The van der Waals surface area contributed by atoms with Gasteiger partial charge in [-0.05, 0) is 18.1 Å². The van der Waals surface area contributed by atoms with E-state index in [1.807, 2.05) is 6.07 Å². The Kier molecular flexibility index (Phi) is 4.96. The fourth-order valence-electron chi connectivity index (χ4n) is 1.77. The van der Waals surface area contributed by atoms with Crippen molar-refractivity contribution >= 4 is 23.1 Å².